The van der Waals surface area contributed by atoms with Crippen molar-refractivity contribution in [1.29, 1.82) is 0 Å². The predicted octanol–water partition coefficient (Wildman–Crippen LogP) is 3.32. The number of nitrogens with zero attached hydrogens (tertiary/aromatic N) is 2. The van der Waals surface area contributed by atoms with Crippen molar-refractivity contribution < 1.29 is 4.74 Å². The number of benzene rings is 2. The highest BCUT2D eigenvalue weighted by Crippen LogP contribution is 2.18. The monoisotopic (exact) mass is 384 g/mol. The highest BCUT2D eigenvalue weighted by Gasteiger charge is 2.13. The number of thiocarbonyl (C=S) groups is 1. The van der Waals surface area contributed by atoms with Gasteiger partial charge in [-0.15, -0.1) is 0 Å². The van der Waals surface area contributed by atoms with E-state index in [1.54, 1.807) is 0 Å². The van der Waals surface area contributed by atoms with Crippen molar-refractivity contribution in [1.82, 2.24) is 10.2 Å². The van der Waals surface area contributed by atoms with Gasteiger partial charge in [0.2, 0.25) is 0 Å². The topological polar surface area (TPSA) is 39.8 Å². The second-order valence-electron chi connectivity index (χ2n) is 6.73. The van der Waals surface area contributed by atoms with E-state index in [0.717, 1.165) is 37.6 Å². The van der Waals surface area contributed by atoms with E-state index >= 15 is 0 Å². The van der Waals surface area contributed by atoms with Crippen LogP contribution in [0.1, 0.15) is 12.5 Å². The minimum Gasteiger partial charge on any atom is -0.494 e. The van der Waals surface area contributed by atoms with Gasteiger partial charge in [0.1, 0.15) is 5.75 Å². The van der Waals surface area contributed by atoms with Gasteiger partial charge in [-0.25, -0.2) is 0 Å². The quantitative estimate of drug-likeness (QED) is 0.745. The highest BCUT2D eigenvalue weighted by atomic mass is 32.1. The molecule has 0 aliphatic carbocycles. The van der Waals surface area contributed by atoms with Crippen LogP contribution >= 0.6 is 12.2 Å². The molecule has 0 atom stereocenters. The first kappa shape index (κ1) is 19.5. The lowest BCUT2D eigenvalue weighted by Crippen LogP contribution is -2.44. The summed E-state index contributed by atoms with van der Waals surface area (Å²) >= 11 is 5.41. The maximum Gasteiger partial charge on any atom is 0.171 e. The molecule has 0 unspecified atom stereocenters. The number of piperazine rings is 1. The minimum atomic E-state index is 0.604. The Bertz CT molecular complexity index is 742. The summed E-state index contributed by atoms with van der Waals surface area (Å²) in [5.41, 5.74) is 3.42. The number of ether oxygens (including phenoxy) is 1. The molecular formula is C21H28N4OS. The molecule has 0 aromatic heterocycles. The average molecular weight is 385 g/mol. The molecule has 0 spiro atoms. The molecule has 0 saturated carbocycles. The number of likely N-dealkylation sites (N-methyl/N-ethyl adjacent to an activating group) is 1. The third kappa shape index (κ3) is 5.84. The Morgan fingerprint density at radius 1 is 1.07 bits per heavy atom. The zero-order chi connectivity index (χ0) is 19.1. The van der Waals surface area contributed by atoms with Crippen molar-refractivity contribution in [2.45, 2.75) is 13.5 Å². The van der Waals surface area contributed by atoms with Crippen LogP contribution in [0, 0.1) is 0 Å². The maximum atomic E-state index is 5.51. The van der Waals surface area contributed by atoms with Crippen LogP contribution in [-0.4, -0.2) is 49.8 Å². The standard InChI is InChI=1S/C21H28N4OS/c1-3-26-20-6-4-5-18(15-20)23-21(27)22-16-17-7-9-19(10-8-17)25-13-11-24(2)12-14-25/h4-10,15H,3,11-14,16H2,1-2H3,(H2,22,23,27). The lowest BCUT2D eigenvalue weighted by Gasteiger charge is -2.34. The number of hydrogen-bond acceptors (Lipinski definition) is 4. The predicted molar refractivity (Wildman–Crippen MR) is 117 cm³/mol. The van der Waals surface area contributed by atoms with Crippen LogP contribution in [0.5, 0.6) is 5.75 Å². The minimum absolute atomic E-state index is 0.604. The fraction of sp³-hybridized carbons (Fsp3) is 0.381. The Balaban J connectivity index is 1.48. The second-order valence-corrected chi connectivity index (χ2v) is 7.13. The average Bonchev–Trinajstić information content (AvgIpc) is 2.68. The zero-order valence-corrected chi connectivity index (χ0v) is 16.9. The van der Waals surface area contributed by atoms with Gasteiger partial charge < -0.3 is 25.2 Å². The molecule has 5 nitrogen and oxygen atoms in total. The molecule has 1 heterocycles. The Hall–Kier alpha value is -2.31. The van der Waals surface area contributed by atoms with E-state index in [1.165, 1.54) is 11.3 Å². The van der Waals surface area contributed by atoms with Crippen LogP contribution in [-0.2, 0) is 6.54 Å². The Morgan fingerprint density at radius 3 is 2.52 bits per heavy atom. The molecule has 6 heteroatoms. The smallest absolute Gasteiger partial charge is 0.171 e. The second kappa shape index (κ2) is 9.58. The first-order chi connectivity index (χ1) is 13.1. The van der Waals surface area contributed by atoms with Crippen molar-refractivity contribution in [3.05, 3.63) is 54.1 Å². The van der Waals surface area contributed by atoms with Crippen LogP contribution in [0.4, 0.5) is 11.4 Å². The fourth-order valence-electron chi connectivity index (χ4n) is 3.08. The van der Waals surface area contributed by atoms with Crippen LogP contribution in [0.2, 0.25) is 0 Å². The van der Waals surface area contributed by atoms with Crippen LogP contribution < -0.4 is 20.3 Å². The summed E-state index contributed by atoms with van der Waals surface area (Å²) in [6.45, 7) is 7.73. The van der Waals surface area contributed by atoms with E-state index in [-0.39, 0.29) is 0 Å². The molecule has 2 aromatic carbocycles. The summed E-state index contributed by atoms with van der Waals surface area (Å²) in [6.07, 6.45) is 0. The largest absolute Gasteiger partial charge is 0.494 e. The summed E-state index contributed by atoms with van der Waals surface area (Å²) in [6, 6.07) is 16.5. The Labute approximate surface area is 167 Å². The first-order valence-corrected chi connectivity index (χ1v) is 9.85. The lowest BCUT2D eigenvalue weighted by molar-refractivity contribution is 0.313. The van der Waals surface area contributed by atoms with Gasteiger partial charge in [0, 0.05) is 50.2 Å². The summed E-state index contributed by atoms with van der Waals surface area (Å²) in [5, 5.41) is 7.07. The molecule has 2 aromatic rings. The number of anilines is 2. The lowest BCUT2D eigenvalue weighted by atomic mass is 10.2. The molecule has 0 bridgehead atoms. The molecule has 3 rings (SSSR count). The van der Waals surface area contributed by atoms with Crippen molar-refractivity contribution in [3.8, 4) is 5.75 Å². The summed E-state index contributed by atoms with van der Waals surface area (Å²) in [4.78, 5) is 4.81. The van der Waals surface area contributed by atoms with Crippen LogP contribution in [0.15, 0.2) is 48.5 Å². The molecule has 1 aliphatic heterocycles. The molecule has 27 heavy (non-hydrogen) atoms. The van der Waals surface area contributed by atoms with Crippen molar-refractivity contribution in [3.63, 3.8) is 0 Å². The van der Waals surface area contributed by atoms with Gasteiger partial charge in [-0.1, -0.05) is 18.2 Å². The molecule has 1 aliphatic rings. The summed E-state index contributed by atoms with van der Waals surface area (Å²) in [7, 11) is 2.18. The number of rotatable bonds is 6. The van der Waals surface area contributed by atoms with Gasteiger partial charge in [0.05, 0.1) is 6.61 Å². The van der Waals surface area contributed by atoms with E-state index in [4.69, 9.17) is 17.0 Å². The van der Waals surface area contributed by atoms with Gasteiger partial charge in [-0.3, -0.25) is 0 Å². The molecule has 1 fully saturated rings. The molecule has 2 N–H and O–H groups in total. The van der Waals surface area contributed by atoms with Gasteiger partial charge in [0.25, 0.3) is 0 Å². The normalized spacial score (nSPS) is 14.7. The third-order valence-corrected chi connectivity index (χ3v) is 4.91. The van der Waals surface area contributed by atoms with E-state index in [1.807, 2.05) is 31.2 Å². The molecule has 144 valence electrons. The zero-order valence-electron chi connectivity index (χ0n) is 16.1. The number of nitrogens with one attached hydrogen (secondary N) is 2. The SMILES string of the molecule is CCOc1cccc(NC(=S)NCc2ccc(N3CCN(C)CC3)cc2)c1. The maximum absolute atomic E-state index is 5.51. The fourth-order valence-corrected chi connectivity index (χ4v) is 3.27. The van der Waals surface area contributed by atoms with E-state index in [0.29, 0.717) is 18.3 Å². The Kier molecular flexibility index (Phi) is 6.90. The first-order valence-electron chi connectivity index (χ1n) is 9.44. The van der Waals surface area contributed by atoms with Gasteiger partial charge in [-0.2, -0.15) is 0 Å². The molecule has 0 radical (unpaired) electrons. The molecule has 1 saturated heterocycles. The molecular weight excluding hydrogens is 356 g/mol. The summed E-state index contributed by atoms with van der Waals surface area (Å²) in [5.74, 6) is 0.838. The van der Waals surface area contributed by atoms with Crippen molar-refractivity contribution >= 4 is 28.7 Å². The summed E-state index contributed by atoms with van der Waals surface area (Å²) < 4.78 is 5.51. The Morgan fingerprint density at radius 2 is 1.81 bits per heavy atom. The van der Waals surface area contributed by atoms with Gasteiger partial charge in [-0.05, 0) is 56.0 Å². The van der Waals surface area contributed by atoms with E-state index < -0.39 is 0 Å². The van der Waals surface area contributed by atoms with Crippen molar-refractivity contribution in [2.75, 3.05) is 50.1 Å². The molecule has 0 amide bonds. The number of hydrogen-bond donors (Lipinski definition) is 2. The highest BCUT2D eigenvalue weighted by molar-refractivity contribution is 7.80. The van der Waals surface area contributed by atoms with Gasteiger partial charge in [0.15, 0.2) is 5.11 Å². The van der Waals surface area contributed by atoms with Crippen LogP contribution in [0.25, 0.3) is 0 Å². The van der Waals surface area contributed by atoms with Gasteiger partial charge >= 0.3 is 0 Å². The van der Waals surface area contributed by atoms with Crippen molar-refractivity contribution in [2.24, 2.45) is 0 Å². The third-order valence-electron chi connectivity index (χ3n) is 4.66. The van der Waals surface area contributed by atoms with E-state index in [2.05, 4.69) is 51.7 Å². The van der Waals surface area contributed by atoms with Crippen LogP contribution in [0.3, 0.4) is 0 Å². The van der Waals surface area contributed by atoms with E-state index in [9.17, 15) is 0 Å².